The van der Waals surface area contributed by atoms with Crippen molar-refractivity contribution in [2.75, 3.05) is 32.5 Å². The van der Waals surface area contributed by atoms with Crippen LogP contribution in [-0.4, -0.2) is 44.5 Å². The number of halogens is 1. The Labute approximate surface area is 166 Å². The Balaban J connectivity index is 1.87. The largest absolute Gasteiger partial charge is 0.484 e. The third kappa shape index (κ3) is 4.52. The van der Waals surface area contributed by atoms with Gasteiger partial charge in [-0.1, -0.05) is 6.07 Å². The van der Waals surface area contributed by atoms with Crippen molar-refractivity contribution in [1.82, 2.24) is 4.98 Å². The van der Waals surface area contributed by atoms with Crippen molar-refractivity contribution in [2.24, 2.45) is 0 Å². The smallest absolute Gasteiger partial charge is 0.355 e. The van der Waals surface area contributed by atoms with Crippen LogP contribution in [0.15, 0.2) is 53.9 Å². The molecule has 0 atom stereocenters. The highest BCUT2D eigenvalue weighted by Gasteiger charge is 2.32. The molecule has 0 fully saturated rings. The summed E-state index contributed by atoms with van der Waals surface area (Å²) in [5.41, 5.74) is 0.863. The molecule has 1 aliphatic rings. The molecule has 1 aromatic carbocycles. The quantitative estimate of drug-likeness (QED) is 0.680. The lowest BCUT2D eigenvalue weighted by Gasteiger charge is -2.31. The SMILES string of the molecule is COC(=O)C1=C(C(=O)OC)N(c2ccc(OCc3ccccn3)c(F)c2)COC1. The zero-order chi connectivity index (χ0) is 20.8. The predicted molar refractivity (Wildman–Crippen MR) is 99.3 cm³/mol. The number of pyridine rings is 1. The Bertz CT molecular complexity index is 932. The molecule has 0 saturated carbocycles. The molecule has 29 heavy (non-hydrogen) atoms. The van der Waals surface area contributed by atoms with Crippen LogP contribution in [0.5, 0.6) is 5.75 Å². The van der Waals surface area contributed by atoms with Gasteiger partial charge in [-0.3, -0.25) is 4.98 Å². The molecule has 0 unspecified atom stereocenters. The summed E-state index contributed by atoms with van der Waals surface area (Å²) in [6, 6.07) is 9.49. The van der Waals surface area contributed by atoms with Crippen molar-refractivity contribution >= 4 is 17.6 Å². The number of hydrogen-bond acceptors (Lipinski definition) is 8. The lowest BCUT2D eigenvalue weighted by Crippen LogP contribution is -2.38. The topological polar surface area (TPSA) is 87.2 Å². The molecule has 152 valence electrons. The molecule has 2 heterocycles. The lowest BCUT2D eigenvalue weighted by molar-refractivity contribution is -0.140. The summed E-state index contributed by atoms with van der Waals surface area (Å²) < 4.78 is 34.9. The van der Waals surface area contributed by atoms with E-state index in [1.54, 1.807) is 30.5 Å². The number of carbonyl (C=O) groups excluding carboxylic acids is 2. The number of nitrogens with zero attached hydrogens (tertiary/aromatic N) is 2. The average molecular weight is 402 g/mol. The van der Waals surface area contributed by atoms with Crippen LogP contribution in [0, 0.1) is 5.82 Å². The van der Waals surface area contributed by atoms with E-state index >= 15 is 0 Å². The van der Waals surface area contributed by atoms with E-state index in [4.69, 9.17) is 18.9 Å². The minimum Gasteiger partial charge on any atom is -0.484 e. The van der Waals surface area contributed by atoms with Crippen molar-refractivity contribution < 1.29 is 32.9 Å². The molecule has 9 heteroatoms. The summed E-state index contributed by atoms with van der Waals surface area (Å²) in [6.07, 6.45) is 1.62. The van der Waals surface area contributed by atoms with Gasteiger partial charge in [0.25, 0.3) is 0 Å². The lowest BCUT2D eigenvalue weighted by atomic mass is 10.1. The van der Waals surface area contributed by atoms with Gasteiger partial charge in [0.15, 0.2) is 11.6 Å². The number of anilines is 1. The first kappa shape index (κ1) is 20.3. The van der Waals surface area contributed by atoms with Crippen LogP contribution in [0.2, 0.25) is 0 Å². The van der Waals surface area contributed by atoms with Gasteiger partial charge in [0.2, 0.25) is 0 Å². The summed E-state index contributed by atoms with van der Waals surface area (Å²) in [7, 11) is 2.38. The molecule has 3 rings (SSSR count). The van der Waals surface area contributed by atoms with Gasteiger partial charge in [0.1, 0.15) is 19.0 Å². The van der Waals surface area contributed by atoms with Crippen LogP contribution in [0.1, 0.15) is 5.69 Å². The molecule has 0 bridgehead atoms. The van der Waals surface area contributed by atoms with Gasteiger partial charge in [-0.05, 0) is 24.3 Å². The van der Waals surface area contributed by atoms with Crippen molar-refractivity contribution in [3.8, 4) is 5.75 Å². The van der Waals surface area contributed by atoms with Crippen molar-refractivity contribution in [3.05, 3.63) is 65.4 Å². The second kappa shape index (κ2) is 9.16. The number of hydrogen-bond donors (Lipinski definition) is 0. The van der Waals surface area contributed by atoms with E-state index in [1.807, 2.05) is 0 Å². The summed E-state index contributed by atoms with van der Waals surface area (Å²) in [5, 5.41) is 0. The van der Waals surface area contributed by atoms with E-state index < -0.39 is 17.8 Å². The van der Waals surface area contributed by atoms with Gasteiger partial charge >= 0.3 is 11.9 Å². The summed E-state index contributed by atoms with van der Waals surface area (Å²) in [6.45, 7) is -0.0937. The molecule has 0 saturated heterocycles. The molecule has 0 aliphatic carbocycles. The predicted octanol–water partition coefficient (Wildman–Crippen LogP) is 2.19. The molecule has 0 spiro atoms. The zero-order valence-corrected chi connectivity index (χ0v) is 15.9. The minimum absolute atomic E-state index is 0.0125. The van der Waals surface area contributed by atoms with E-state index in [9.17, 15) is 14.0 Å². The first-order valence-electron chi connectivity index (χ1n) is 8.62. The normalized spacial score (nSPS) is 13.8. The standard InChI is InChI=1S/C20H19FN2O6/c1-26-19(24)15-11-28-12-23(18(15)20(25)27-2)14-6-7-17(16(21)9-14)29-10-13-5-3-4-8-22-13/h3-9H,10-12H2,1-2H3. The molecule has 1 aromatic heterocycles. The van der Waals surface area contributed by atoms with E-state index in [0.29, 0.717) is 5.69 Å². The molecular formula is C20H19FN2O6. The number of aromatic nitrogens is 1. The minimum atomic E-state index is -0.760. The number of methoxy groups -OCH3 is 2. The second-order valence-corrected chi connectivity index (χ2v) is 5.94. The van der Waals surface area contributed by atoms with Crippen LogP contribution in [0.25, 0.3) is 0 Å². The second-order valence-electron chi connectivity index (χ2n) is 5.94. The molecule has 2 aromatic rings. The number of carbonyl (C=O) groups is 2. The van der Waals surface area contributed by atoms with Gasteiger partial charge in [-0.15, -0.1) is 0 Å². The Morgan fingerprint density at radius 1 is 1.17 bits per heavy atom. The van der Waals surface area contributed by atoms with Crippen LogP contribution in [0.3, 0.4) is 0 Å². The number of rotatable bonds is 6. The van der Waals surface area contributed by atoms with Crippen LogP contribution < -0.4 is 9.64 Å². The molecule has 8 nitrogen and oxygen atoms in total. The maximum atomic E-state index is 14.6. The Kier molecular flexibility index (Phi) is 6.40. The van der Waals surface area contributed by atoms with Crippen molar-refractivity contribution in [1.29, 1.82) is 0 Å². The summed E-state index contributed by atoms with van der Waals surface area (Å²) in [5.74, 6) is -2.11. The highest BCUT2D eigenvalue weighted by Crippen LogP contribution is 2.30. The highest BCUT2D eigenvalue weighted by atomic mass is 19.1. The molecule has 0 N–H and O–H groups in total. The zero-order valence-electron chi connectivity index (χ0n) is 15.9. The third-order valence-corrected chi connectivity index (χ3v) is 4.16. The third-order valence-electron chi connectivity index (χ3n) is 4.16. The van der Waals surface area contributed by atoms with Crippen LogP contribution in [0.4, 0.5) is 10.1 Å². The Morgan fingerprint density at radius 3 is 2.62 bits per heavy atom. The van der Waals surface area contributed by atoms with Crippen LogP contribution >= 0.6 is 0 Å². The Morgan fingerprint density at radius 2 is 1.97 bits per heavy atom. The van der Waals surface area contributed by atoms with E-state index in [0.717, 1.165) is 0 Å². The van der Waals surface area contributed by atoms with Crippen LogP contribution in [-0.2, 0) is 30.4 Å². The van der Waals surface area contributed by atoms with E-state index in [2.05, 4.69) is 4.98 Å². The van der Waals surface area contributed by atoms with Gasteiger partial charge in [-0.2, -0.15) is 0 Å². The van der Waals surface area contributed by atoms with Crippen molar-refractivity contribution in [3.63, 3.8) is 0 Å². The van der Waals surface area contributed by atoms with E-state index in [1.165, 1.54) is 31.3 Å². The highest BCUT2D eigenvalue weighted by molar-refractivity contribution is 6.03. The fraction of sp³-hybridized carbons (Fsp3) is 0.250. The fourth-order valence-electron chi connectivity index (χ4n) is 2.76. The molecular weight excluding hydrogens is 383 g/mol. The fourth-order valence-corrected chi connectivity index (χ4v) is 2.76. The van der Waals surface area contributed by atoms with Crippen molar-refractivity contribution in [2.45, 2.75) is 6.61 Å². The maximum Gasteiger partial charge on any atom is 0.355 e. The van der Waals surface area contributed by atoms with Gasteiger partial charge < -0.3 is 23.8 Å². The van der Waals surface area contributed by atoms with Gasteiger partial charge in [-0.25, -0.2) is 14.0 Å². The first-order valence-corrected chi connectivity index (χ1v) is 8.62. The Hall–Kier alpha value is -3.46. The monoisotopic (exact) mass is 402 g/mol. The van der Waals surface area contributed by atoms with E-state index in [-0.39, 0.29) is 42.7 Å². The maximum absolute atomic E-state index is 14.6. The van der Waals surface area contributed by atoms with Gasteiger partial charge in [0, 0.05) is 18.0 Å². The number of esters is 2. The molecule has 1 aliphatic heterocycles. The molecule has 0 radical (unpaired) electrons. The first-order chi connectivity index (χ1) is 14.0. The molecule has 0 amide bonds. The number of benzene rings is 1. The summed E-state index contributed by atoms with van der Waals surface area (Å²) >= 11 is 0. The summed E-state index contributed by atoms with van der Waals surface area (Å²) in [4.78, 5) is 29.8. The average Bonchev–Trinajstić information content (AvgIpc) is 2.77. The number of ether oxygens (including phenoxy) is 4. The van der Waals surface area contributed by atoms with Gasteiger partial charge in [0.05, 0.1) is 32.1 Å².